The highest BCUT2D eigenvalue weighted by molar-refractivity contribution is 5.88. The predicted octanol–water partition coefficient (Wildman–Crippen LogP) is 0.957. The standard InChI is InChI=1S/C21H23F3N4O3/c22-16-11-18(24)17(23)9-14(16)8-15(25)10-20(29)28-6-2-4-26-21(30)19(28)7-13-3-1-5-27(31)12-13/h1,3,5,9,11-12,15,19H,2,4,6-8,10,25H2,(H,26,30). The minimum Gasteiger partial charge on any atom is -0.619 e. The van der Waals surface area contributed by atoms with E-state index in [1.165, 1.54) is 17.3 Å². The molecule has 3 rings (SSSR count). The Hall–Kier alpha value is -3.14. The molecule has 0 aliphatic carbocycles. The highest BCUT2D eigenvalue weighted by Gasteiger charge is 2.32. The van der Waals surface area contributed by atoms with Crippen molar-refractivity contribution in [2.45, 2.75) is 37.8 Å². The first kappa shape index (κ1) is 22.5. The van der Waals surface area contributed by atoms with E-state index in [0.717, 1.165) is 6.07 Å². The maximum atomic E-state index is 13.9. The highest BCUT2D eigenvalue weighted by Crippen LogP contribution is 2.18. The maximum absolute atomic E-state index is 13.9. The van der Waals surface area contributed by atoms with Crippen LogP contribution in [-0.2, 0) is 22.4 Å². The van der Waals surface area contributed by atoms with Crippen LogP contribution in [0.2, 0.25) is 0 Å². The average Bonchev–Trinajstić information content (AvgIpc) is 2.88. The zero-order valence-electron chi connectivity index (χ0n) is 16.7. The first-order valence-electron chi connectivity index (χ1n) is 9.88. The third kappa shape index (κ3) is 5.72. The fourth-order valence-electron chi connectivity index (χ4n) is 3.64. The fraction of sp³-hybridized carbons (Fsp3) is 0.381. The van der Waals surface area contributed by atoms with Gasteiger partial charge in [0.25, 0.3) is 0 Å². The Bertz CT molecular complexity index is 973. The highest BCUT2D eigenvalue weighted by atomic mass is 19.2. The molecule has 0 bridgehead atoms. The molecule has 7 nitrogen and oxygen atoms in total. The van der Waals surface area contributed by atoms with Crippen molar-refractivity contribution in [1.29, 1.82) is 0 Å². The van der Waals surface area contributed by atoms with Crippen molar-refractivity contribution >= 4 is 11.8 Å². The number of nitrogens with zero attached hydrogens (tertiary/aromatic N) is 2. The lowest BCUT2D eigenvalue weighted by atomic mass is 10.0. The van der Waals surface area contributed by atoms with Crippen LogP contribution in [0.15, 0.2) is 36.7 Å². The topological polar surface area (TPSA) is 102 Å². The summed E-state index contributed by atoms with van der Waals surface area (Å²) in [6.45, 7) is 0.709. The van der Waals surface area contributed by atoms with Gasteiger partial charge in [-0.2, -0.15) is 4.73 Å². The van der Waals surface area contributed by atoms with Gasteiger partial charge >= 0.3 is 0 Å². The lowest BCUT2D eigenvalue weighted by Gasteiger charge is -2.29. The molecule has 2 unspecified atom stereocenters. The van der Waals surface area contributed by atoms with E-state index in [0.29, 0.717) is 35.9 Å². The molecule has 0 spiro atoms. The fourth-order valence-corrected chi connectivity index (χ4v) is 3.64. The van der Waals surface area contributed by atoms with E-state index >= 15 is 0 Å². The van der Waals surface area contributed by atoms with E-state index in [1.807, 2.05) is 0 Å². The molecule has 1 aromatic heterocycles. The lowest BCUT2D eigenvalue weighted by molar-refractivity contribution is -0.605. The monoisotopic (exact) mass is 436 g/mol. The summed E-state index contributed by atoms with van der Waals surface area (Å²) in [7, 11) is 0. The molecule has 1 aliphatic heterocycles. The Morgan fingerprint density at radius 2 is 2.03 bits per heavy atom. The molecule has 3 N–H and O–H groups in total. The summed E-state index contributed by atoms with van der Waals surface area (Å²) in [5, 5.41) is 14.3. The molecule has 2 amide bonds. The second-order valence-corrected chi connectivity index (χ2v) is 7.55. The normalized spacial score (nSPS) is 17.7. The number of pyridine rings is 1. The average molecular weight is 436 g/mol. The van der Waals surface area contributed by atoms with Crippen molar-refractivity contribution < 1.29 is 27.5 Å². The molecule has 0 radical (unpaired) electrons. The minimum absolute atomic E-state index is 0.131. The van der Waals surface area contributed by atoms with Crippen molar-refractivity contribution in [3.63, 3.8) is 0 Å². The van der Waals surface area contributed by atoms with E-state index < -0.39 is 35.4 Å². The Morgan fingerprint density at radius 1 is 1.29 bits per heavy atom. The number of hydrogen-bond acceptors (Lipinski definition) is 4. The summed E-state index contributed by atoms with van der Waals surface area (Å²) < 4.78 is 41.0. The van der Waals surface area contributed by atoms with Crippen molar-refractivity contribution in [2.24, 2.45) is 5.73 Å². The molecular formula is C21H23F3N4O3. The second-order valence-electron chi connectivity index (χ2n) is 7.55. The van der Waals surface area contributed by atoms with Crippen LogP contribution < -0.4 is 15.8 Å². The predicted molar refractivity (Wildman–Crippen MR) is 105 cm³/mol. The summed E-state index contributed by atoms with van der Waals surface area (Å²) in [4.78, 5) is 26.9. The van der Waals surface area contributed by atoms with Gasteiger partial charge in [0.1, 0.15) is 11.9 Å². The Balaban J connectivity index is 1.72. The third-order valence-corrected chi connectivity index (χ3v) is 5.15. The molecule has 31 heavy (non-hydrogen) atoms. The maximum Gasteiger partial charge on any atom is 0.243 e. The number of rotatable bonds is 6. The van der Waals surface area contributed by atoms with Crippen molar-refractivity contribution in [1.82, 2.24) is 10.2 Å². The van der Waals surface area contributed by atoms with Gasteiger partial charge in [0.15, 0.2) is 24.0 Å². The summed E-state index contributed by atoms with van der Waals surface area (Å²) in [5.74, 6) is -4.19. The molecule has 1 aromatic carbocycles. The number of nitrogens with two attached hydrogens (primary N) is 1. The Morgan fingerprint density at radius 3 is 2.77 bits per heavy atom. The molecule has 1 saturated heterocycles. The lowest BCUT2D eigenvalue weighted by Crippen LogP contribution is -2.50. The van der Waals surface area contributed by atoms with Crippen LogP contribution in [0.25, 0.3) is 0 Å². The molecule has 2 heterocycles. The molecular weight excluding hydrogens is 413 g/mol. The summed E-state index contributed by atoms with van der Waals surface area (Å²) in [6, 6.07) is 2.72. The first-order chi connectivity index (χ1) is 14.7. The van der Waals surface area contributed by atoms with Gasteiger partial charge < -0.3 is 21.2 Å². The van der Waals surface area contributed by atoms with Gasteiger partial charge in [0.05, 0.1) is 0 Å². The SMILES string of the molecule is NC(CC(=O)N1CCCNC(=O)C1Cc1ccc[n+]([O-])c1)Cc1cc(F)c(F)cc1F. The van der Waals surface area contributed by atoms with Crippen LogP contribution in [0.5, 0.6) is 0 Å². The van der Waals surface area contributed by atoms with E-state index in [1.54, 1.807) is 12.1 Å². The number of aromatic nitrogens is 1. The largest absolute Gasteiger partial charge is 0.619 e. The van der Waals surface area contributed by atoms with Crippen LogP contribution in [0.4, 0.5) is 13.2 Å². The van der Waals surface area contributed by atoms with Crippen molar-refractivity contribution in [3.05, 3.63) is 70.4 Å². The molecule has 1 aliphatic rings. The van der Waals surface area contributed by atoms with Gasteiger partial charge in [-0.3, -0.25) is 9.59 Å². The minimum atomic E-state index is -1.30. The number of carbonyl (C=O) groups is 2. The summed E-state index contributed by atoms with van der Waals surface area (Å²) in [6.07, 6.45) is 2.95. The first-order valence-corrected chi connectivity index (χ1v) is 9.88. The van der Waals surface area contributed by atoms with Crippen molar-refractivity contribution in [3.8, 4) is 0 Å². The van der Waals surface area contributed by atoms with E-state index in [-0.39, 0.29) is 30.7 Å². The van der Waals surface area contributed by atoms with Crippen molar-refractivity contribution in [2.75, 3.05) is 13.1 Å². The van der Waals surface area contributed by atoms with Crippen LogP contribution in [0, 0.1) is 22.7 Å². The molecule has 0 saturated carbocycles. The van der Waals surface area contributed by atoms with Gasteiger partial charge in [-0.1, -0.05) is 0 Å². The van der Waals surface area contributed by atoms with Gasteiger partial charge in [-0.05, 0) is 30.5 Å². The van der Waals surface area contributed by atoms with Crippen LogP contribution >= 0.6 is 0 Å². The quantitative estimate of drug-likeness (QED) is 0.400. The third-order valence-electron chi connectivity index (χ3n) is 5.15. The van der Waals surface area contributed by atoms with Crippen LogP contribution in [-0.4, -0.2) is 41.9 Å². The van der Waals surface area contributed by atoms with E-state index in [4.69, 9.17) is 5.73 Å². The molecule has 166 valence electrons. The van der Waals surface area contributed by atoms with Gasteiger partial charge in [-0.15, -0.1) is 0 Å². The number of carbonyl (C=O) groups excluding carboxylic acids is 2. The number of hydrogen-bond donors (Lipinski definition) is 2. The van der Waals surface area contributed by atoms with E-state index in [9.17, 15) is 28.0 Å². The van der Waals surface area contributed by atoms with Gasteiger partial charge in [-0.25, -0.2) is 13.2 Å². The zero-order valence-corrected chi connectivity index (χ0v) is 16.7. The Kier molecular flexibility index (Phi) is 7.11. The summed E-state index contributed by atoms with van der Waals surface area (Å²) in [5.41, 5.74) is 6.44. The molecule has 2 atom stereocenters. The smallest absolute Gasteiger partial charge is 0.243 e. The number of halogens is 3. The van der Waals surface area contributed by atoms with Crippen LogP contribution in [0.3, 0.4) is 0 Å². The van der Waals surface area contributed by atoms with E-state index in [2.05, 4.69) is 5.32 Å². The molecule has 1 fully saturated rings. The number of amides is 2. The van der Waals surface area contributed by atoms with Gasteiger partial charge in [0, 0.05) is 49.7 Å². The number of benzene rings is 1. The zero-order chi connectivity index (χ0) is 22.5. The molecule has 10 heteroatoms. The second kappa shape index (κ2) is 9.78. The Labute approximate surface area is 177 Å². The summed E-state index contributed by atoms with van der Waals surface area (Å²) >= 11 is 0. The molecule has 2 aromatic rings. The van der Waals surface area contributed by atoms with Crippen LogP contribution in [0.1, 0.15) is 24.0 Å². The van der Waals surface area contributed by atoms with Gasteiger partial charge in [0.2, 0.25) is 11.8 Å². The number of nitrogens with one attached hydrogen (secondary N) is 1.